The van der Waals surface area contributed by atoms with Gasteiger partial charge in [-0.2, -0.15) is 0 Å². The van der Waals surface area contributed by atoms with E-state index in [2.05, 4.69) is 17.0 Å². The molecule has 1 heterocycles. The summed E-state index contributed by atoms with van der Waals surface area (Å²) >= 11 is 0. The molecule has 0 spiro atoms. The number of nitrogens with one attached hydrogen (secondary N) is 2. The van der Waals surface area contributed by atoms with E-state index in [0.29, 0.717) is 17.4 Å². The first kappa shape index (κ1) is 15.0. The number of rotatable bonds is 4. The number of benzene rings is 1. The van der Waals surface area contributed by atoms with Gasteiger partial charge in [-0.15, -0.1) is 0 Å². The molecular formula is C16H24N2O2S. The van der Waals surface area contributed by atoms with Crippen LogP contribution in [0.4, 0.5) is 0 Å². The highest BCUT2D eigenvalue weighted by Crippen LogP contribution is 2.30. The summed E-state index contributed by atoms with van der Waals surface area (Å²) in [5.41, 5.74) is 2.10. The van der Waals surface area contributed by atoms with E-state index in [0.717, 1.165) is 49.4 Å². The Labute approximate surface area is 127 Å². The summed E-state index contributed by atoms with van der Waals surface area (Å²) in [4.78, 5) is 0.479. The van der Waals surface area contributed by atoms with E-state index in [-0.39, 0.29) is 0 Å². The molecule has 1 saturated carbocycles. The van der Waals surface area contributed by atoms with Crippen molar-refractivity contribution in [1.82, 2.24) is 10.0 Å². The second kappa shape index (κ2) is 6.07. The summed E-state index contributed by atoms with van der Waals surface area (Å²) < 4.78 is 28.1. The van der Waals surface area contributed by atoms with Crippen LogP contribution in [0.1, 0.15) is 37.3 Å². The summed E-state index contributed by atoms with van der Waals surface area (Å²) in [6.45, 7) is 4.43. The van der Waals surface area contributed by atoms with Crippen LogP contribution in [0.25, 0.3) is 0 Å². The smallest absolute Gasteiger partial charge is 0.240 e. The van der Waals surface area contributed by atoms with E-state index in [4.69, 9.17) is 0 Å². The molecule has 3 rings (SSSR count). The summed E-state index contributed by atoms with van der Waals surface area (Å²) in [7, 11) is -3.38. The highest BCUT2D eigenvalue weighted by Gasteiger charge is 2.26. The third-order valence-corrected chi connectivity index (χ3v) is 6.26. The molecular weight excluding hydrogens is 284 g/mol. The van der Waals surface area contributed by atoms with Gasteiger partial charge < -0.3 is 5.32 Å². The lowest BCUT2D eigenvalue weighted by Crippen LogP contribution is -2.31. The van der Waals surface area contributed by atoms with Crippen molar-refractivity contribution in [2.45, 2.75) is 44.0 Å². The number of sulfonamides is 1. The molecule has 1 aromatic carbocycles. The van der Waals surface area contributed by atoms with Crippen LogP contribution >= 0.6 is 0 Å². The Balaban J connectivity index is 1.76. The largest absolute Gasteiger partial charge is 0.312 e. The minimum absolute atomic E-state index is 0.479. The number of hydrogen-bond acceptors (Lipinski definition) is 3. The quantitative estimate of drug-likeness (QED) is 0.895. The third kappa shape index (κ3) is 3.30. The van der Waals surface area contributed by atoms with E-state index in [1.165, 1.54) is 6.42 Å². The van der Waals surface area contributed by atoms with E-state index in [1.54, 1.807) is 6.07 Å². The summed E-state index contributed by atoms with van der Waals surface area (Å²) in [5, 5.41) is 3.29. The average molecular weight is 308 g/mol. The van der Waals surface area contributed by atoms with E-state index >= 15 is 0 Å². The summed E-state index contributed by atoms with van der Waals surface area (Å²) in [5.74, 6) is 1.23. The van der Waals surface area contributed by atoms with Crippen molar-refractivity contribution < 1.29 is 8.42 Å². The van der Waals surface area contributed by atoms with Crippen molar-refractivity contribution >= 4 is 10.0 Å². The molecule has 1 aromatic rings. The zero-order valence-corrected chi connectivity index (χ0v) is 13.4. The Bertz CT molecular complexity index is 613. The second-order valence-electron chi connectivity index (χ2n) is 6.46. The molecule has 2 aliphatic rings. The van der Waals surface area contributed by atoms with Crippen molar-refractivity contribution in [2.24, 2.45) is 11.8 Å². The fourth-order valence-electron chi connectivity index (χ4n) is 3.56. The lowest BCUT2D eigenvalue weighted by Gasteiger charge is -2.21. The SMILES string of the molecule is CC1CCC(CNS(=O)(=O)c2cccc3c2CCNC3)C1. The fraction of sp³-hybridized carbons (Fsp3) is 0.625. The standard InChI is InChI=1S/C16H24N2O2S/c1-12-5-6-13(9-12)10-18-21(19,20)16-4-2-3-14-11-17-8-7-15(14)16/h2-4,12-13,17-18H,5-11H2,1H3. The van der Waals surface area contributed by atoms with Crippen molar-refractivity contribution in [3.8, 4) is 0 Å². The number of fused-ring (bicyclic) bond motifs is 1. The molecule has 21 heavy (non-hydrogen) atoms. The predicted octanol–water partition coefficient (Wildman–Crippen LogP) is 2.05. The van der Waals surface area contributed by atoms with Crippen LogP contribution in [-0.2, 0) is 23.0 Å². The van der Waals surface area contributed by atoms with Gasteiger partial charge in [0.2, 0.25) is 10.0 Å². The van der Waals surface area contributed by atoms with Gasteiger partial charge in [-0.25, -0.2) is 13.1 Å². The Kier molecular flexibility index (Phi) is 4.33. The maximum Gasteiger partial charge on any atom is 0.240 e. The first-order valence-corrected chi connectivity index (χ1v) is 9.36. The van der Waals surface area contributed by atoms with Crippen molar-refractivity contribution in [2.75, 3.05) is 13.1 Å². The van der Waals surface area contributed by atoms with Crippen LogP contribution in [0.3, 0.4) is 0 Å². The van der Waals surface area contributed by atoms with Gasteiger partial charge in [-0.1, -0.05) is 25.5 Å². The monoisotopic (exact) mass is 308 g/mol. The third-order valence-electron chi connectivity index (χ3n) is 4.75. The molecule has 0 aromatic heterocycles. The highest BCUT2D eigenvalue weighted by atomic mass is 32.2. The Morgan fingerprint density at radius 1 is 1.33 bits per heavy atom. The molecule has 0 bridgehead atoms. The van der Waals surface area contributed by atoms with Crippen LogP contribution in [0.2, 0.25) is 0 Å². The normalized spacial score (nSPS) is 25.8. The van der Waals surface area contributed by atoms with Crippen LogP contribution in [-0.4, -0.2) is 21.5 Å². The van der Waals surface area contributed by atoms with Gasteiger partial charge in [-0.05, 0) is 54.8 Å². The van der Waals surface area contributed by atoms with Crippen molar-refractivity contribution in [3.05, 3.63) is 29.3 Å². The van der Waals surface area contributed by atoms with Crippen molar-refractivity contribution in [1.29, 1.82) is 0 Å². The molecule has 116 valence electrons. The highest BCUT2D eigenvalue weighted by molar-refractivity contribution is 7.89. The molecule has 1 aliphatic heterocycles. The number of hydrogen-bond donors (Lipinski definition) is 2. The first-order valence-electron chi connectivity index (χ1n) is 7.87. The van der Waals surface area contributed by atoms with E-state index < -0.39 is 10.0 Å². The molecule has 1 aliphatic carbocycles. The molecule has 2 N–H and O–H groups in total. The van der Waals surface area contributed by atoms with Gasteiger partial charge >= 0.3 is 0 Å². The summed E-state index contributed by atoms with van der Waals surface area (Å²) in [6, 6.07) is 5.60. The van der Waals surface area contributed by atoms with E-state index in [9.17, 15) is 8.42 Å². The zero-order chi connectivity index (χ0) is 14.9. The lowest BCUT2D eigenvalue weighted by atomic mass is 10.0. The molecule has 2 atom stereocenters. The van der Waals surface area contributed by atoms with Gasteiger partial charge in [-0.3, -0.25) is 0 Å². The van der Waals surface area contributed by atoms with Crippen LogP contribution in [0.15, 0.2) is 23.1 Å². The van der Waals surface area contributed by atoms with Crippen LogP contribution in [0.5, 0.6) is 0 Å². The topological polar surface area (TPSA) is 58.2 Å². The van der Waals surface area contributed by atoms with Gasteiger partial charge in [0, 0.05) is 13.1 Å². The van der Waals surface area contributed by atoms with Crippen LogP contribution in [0, 0.1) is 11.8 Å². The van der Waals surface area contributed by atoms with Gasteiger partial charge in [0.25, 0.3) is 0 Å². The zero-order valence-electron chi connectivity index (χ0n) is 12.6. The van der Waals surface area contributed by atoms with Crippen LogP contribution < -0.4 is 10.0 Å². The van der Waals surface area contributed by atoms with Gasteiger partial charge in [0.15, 0.2) is 0 Å². The Morgan fingerprint density at radius 3 is 2.95 bits per heavy atom. The molecule has 0 radical (unpaired) electrons. The molecule has 4 nitrogen and oxygen atoms in total. The molecule has 0 saturated heterocycles. The van der Waals surface area contributed by atoms with E-state index in [1.807, 2.05) is 12.1 Å². The predicted molar refractivity (Wildman–Crippen MR) is 83.5 cm³/mol. The Hall–Kier alpha value is -0.910. The molecule has 2 unspecified atom stereocenters. The molecule has 1 fully saturated rings. The first-order chi connectivity index (χ1) is 10.1. The van der Waals surface area contributed by atoms with Crippen molar-refractivity contribution in [3.63, 3.8) is 0 Å². The Morgan fingerprint density at radius 2 is 2.19 bits per heavy atom. The molecule has 5 heteroatoms. The van der Waals surface area contributed by atoms with Gasteiger partial charge in [0.05, 0.1) is 4.90 Å². The molecule has 0 amide bonds. The minimum Gasteiger partial charge on any atom is -0.312 e. The lowest BCUT2D eigenvalue weighted by molar-refractivity contribution is 0.498. The average Bonchev–Trinajstić information content (AvgIpc) is 2.90. The summed E-state index contributed by atoms with van der Waals surface area (Å²) in [6.07, 6.45) is 4.28. The minimum atomic E-state index is -3.38. The van der Waals surface area contributed by atoms with Gasteiger partial charge in [0.1, 0.15) is 0 Å². The second-order valence-corrected chi connectivity index (χ2v) is 8.19. The maximum atomic E-state index is 12.6. The maximum absolute atomic E-state index is 12.6. The fourth-order valence-corrected chi connectivity index (χ4v) is 4.99.